The number of nitrogens with zero attached hydrogens (tertiary/aromatic N) is 5. The van der Waals surface area contributed by atoms with Crippen molar-refractivity contribution in [2.24, 2.45) is 5.92 Å². The smallest absolute Gasteiger partial charge is 0.256 e. The molecule has 2 aliphatic heterocycles. The van der Waals surface area contributed by atoms with E-state index in [1.807, 2.05) is 36.1 Å². The molecule has 1 aromatic carbocycles. The first-order valence-corrected chi connectivity index (χ1v) is 10.2. The number of aryl methyl sites for hydroxylation is 1. The van der Waals surface area contributed by atoms with E-state index in [0.29, 0.717) is 32.2 Å². The average Bonchev–Trinajstić information content (AvgIpc) is 3.09. The third-order valence-corrected chi connectivity index (χ3v) is 5.58. The number of benzene rings is 1. The normalized spacial score (nSPS) is 19.8. The maximum atomic E-state index is 13.5. The summed E-state index contributed by atoms with van der Waals surface area (Å²) in [7, 11) is 0. The highest BCUT2D eigenvalue weighted by atomic mass is 16.5. The van der Waals surface area contributed by atoms with Crippen molar-refractivity contribution in [1.82, 2.24) is 19.7 Å². The third kappa shape index (κ3) is 3.63. The topological polar surface area (TPSA) is 63.5 Å². The van der Waals surface area contributed by atoms with E-state index < -0.39 is 0 Å². The van der Waals surface area contributed by atoms with E-state index in [-0.39, 0.29) is 11.9 Å². The first-order chi connectivity index (χ1) is 13.5. The molecule has 7 heteroatoms. The zero-order chi connectivity index (χ0) is 19.7. The molecule has 7 nitrogen and oxygen atoms in total. The first-order valence-electron chi connectivity index (χ1n) is 10.2. The van der Waals surface area contributed by atoms with E-state index >= 15 is 0 Å². The maximum absolute atomic E-state index is 13.5. The largest absolute Gasteiger partial charge is 0.378 e. The van der Waals surface area contributed by atoms with Gasteiger partial charge in [0.25, 0.3) is 5.91 Å². The summed E-state index contributed by atoms with van der Waals surface area (Å²) in [5, 5.41) is 8.61. The van der Waals surface area contributed by atoms with Crippen molar-refractivity contribution >= 4 is 11.6 Å². The van der Waals surface area contributed by atoms with Crippen molar-refractivity contribution in [2.75, 3.05) is 37.7 Å². The Bertz CT molecular complexity index is 841. The molecule has 3 heterocycles. The minimum absolute atomic E-state index is 0.0720. The number of carbonyl (C=O) groups is 1. The lowest BCUT2D eigenvalue weighted by Crippen LogP contribution is -2.43. The summed E-state index contributed by atoms with van der Waals surface area (Å²) in [6, 6.07) is 8.15. The Labute approximate surface area is 166 Å². The third-order valence-electron chi connectivity index (χ3n) is 5.58. The molecule has 1 atom stereocenters. The molecular formula is C21H29N5O2. The van der Waals surface area contributed by atoms with Crippen LogP contribution in [0.1, 0.15) is 48.3 Å². The zero-order valence-corrected chi connectivity index (χ0v) is 17.0. The van der Waals surface area contributed by atoms with Gasteiger partial charge in [-0.05, 0) is 31.4 Å². The summed E-state index contributed by atoms with van der Waals surface area (Å²) >= 11 is 0. The number of amides is 1. The lowest BCUT2D eigenvalue weighted by atomic mass is 10.0. The second kappa shape index (κ2) is 7.91. The number of aromatic nitrogens is 3. The van der Waals surface area contributed by atoms with Crippen LogP contribution in [0.4, 0.5) is 5.69 Å². The Kier molecular flexibility index (Phi) is 5.35. The van der Waals surface area contributed by atoms with Gasteiger partial charge in [0.2, 0.25) is 0 Å². The molecule has 1 amide bonds. The van der Waals surface area contributed by atoms with E-state index in [1.54, 1.807) is 0 Å². The van der Waals surface area contributed by atoms with Gasteiger partial charge in [-0.25, -0.2) is 0 Å². The van der Waals surface area contributed by atoms with Crippen LogP contribution in [0.5, 0.6) is 0 Å². The molecule has 0 saturated carbocycles. The van der Waals surface area contributed by atoms with E-state index in [9.17, 15) is 4.79 Å². The molecule has 0 N–H and O–H groups in total. The van der Waals surface area contributed by atoms with Crippen molar-refractivity contribution in [3.05, 3.63) is 41.5 Å². The molecular weight excluding hydrogens is 354 g/mol. The maximum Gasteiger partial charge on any atom is 0.256 e. The number of para-hydroxylation sites is 1. The number of hydrogen-bond donors (Lipinski definition) is 0. The summed E-state index contributed by atoms with van der Waals surface area (Å²) in [5.74, 6) is 2.42. The number of morpholine rings is 1. The quantitative estimate of drug-likeness (QED) is 0.812. The second-order valence-electron chi connectivity index (χ2n) is 8.12. The van der Waals surface area contributed by atoms with E-state index in [2.05, 4.69) is 33.5 Å². The van der Waals surface area contributed by atoms with Gasteiger partial charge in [-0.2, -0.15) is 0 Å². The Morgan fingerprint density at radius 3 is 2.71 bits per heavy atom. The standard InChI is InChI=1S/C21H29N5O2/c1-15(2)12-17-13-25(14-20-23-22-16(3)26(17)20)21(27)18-6-4-5-7-19(18)24-8-10-28-11-9-24/h4-7,15,17H,8-14H2,1-3H3/t17-/m0/s1. The lowest BCUT2D eigenvalue weighted by Gasteiger charge is -2.36. The molecule has 28 heavy (non-hydrogen) atoms. The van der Waals surface area contributed by atoms with Crippen LogP contribution in [0, 0.1) is 12.8 Å². The molecule has 0 aliphatic carbocycles. The predicted octanol–water partition coefficient (Wildman–Crippen LogP) is 2.67. The highest BCUT2D eigenvalue weighted by molar-refractivity contribution is 5.99. The number of carbonyl (C=O) groups excluding carboxylic acids is 1. The van der Waals surface area contributed by atoms with Crippen molar-refractivity contribution in [1.29, 1.82) is 0 Å². The summed E-state index contributed by atoms with van der Waals surface area (Å²) in [5.41, 5.74) is 1.76. The molecule has 4 rings (SSSR count). The Morgan fingerprint density at radius 2 is 1.96 bits per heavy atom. The van der Waals surface area contributed by atoms with Crippen molar-refractivity contribution in [2.45, 2.75) is 39.8 Å². The number of anilines is 1. The minimum atomic E-state index is 0.0720. The van der Waals surface area contributed by atoms with Gasteiger partial charge >= 0.3 is 0 Å². The monoisotopic (exact) mass is 383 g/mol. The van der Waals surface area contributed by atoms with Gasteiger partial charge < -0.3 is 19.1 Å². The average molecular weight is 383 g/mol. The fourth-order valence-corrected chi connectivity index (χ4v) is 4.35. The van der Waals surface area contributed by atoms with Crippen molar-refractivity contribution in [3.63, 3.8) is 0 Å². The van der Waals surface area contributed by atoms with Crippen molar-refractivity contribution in [3.8, 4) is 0 Å². The SMILES string of the molecule is Cc1nnc2n1[C@@H](CC(C)C)CN(C(=O)c1ccccc1N1CCOCC1)C2. The Hall–Kier alpha value is -2.41. The van der Waals surface area contributed by atoms with Gasteiger partial charge in [-0.3, -0.25) is 4.79 Å². The summed E-state index contributed by atoms with van der Waals surface area (Å²) in [6.07, 6.45) is 1.00. The highest BCUT2D eigenvalue weighted by Gasteiger charge is 2.32. The van der Waals surface area contributed by atoms with Crippen LogP contribution in [0.2, 0.25) is 0 Å². The summed E-state index contributed by atoms with van der Waals surface area (Å²) < 4.78 is 7.70. The predicted molar refractivity (Wildman–Crippen MR) is 107 cm³/mol. The molecule has 2 aromatic rings. The van der Waals surface area contributed by atoms with Gasteiger partial charge in [0, 0.05) is 25.3 Å². The Balaban J connectivity index is 1.62. The fourth-order valence-electron chi connectivity index (χ4n) is 4.35. The second-order valence-corrected chi connectivity index (χ2v) is 8.12. The van der Waals surface area contributed by atoms with Crippen LogP contribution in [0.25, 0.3) is 0 Å². The number of fused-ring (bicyclic) bond motifs is 1. The van der Waals surface area contributed by atoms with Crippen molar-refractivity contribution < 1.29 is 9.53 Å². The van der Waals surface area contributed by atoms with Gasteiger partial charge in [0.15, 0.2) is 5.82 Å². The summed E-state index contributed by atoms with van der Waals surface area (Å²) in [6.45, 7) is 10.7. The molecule has 0 radical (unpaired) electrons. The first kappa shape index (κ1) is 18.9. The zero-order valence-electron chi connectivity index (χ0n) is 17.0. The molecule has 2 aliphatic rings. The van der Waals surface area contributed by atoms with Crippen LogP contribution in [0.3, 0.4) is 0 Å². The van der Waals surface area contributed by atoms with Gasteiger partial charge in [0.1, 0.15) is 5.82 Å². The summed E-state index contributed by atoms with van der Waals surface area (Å²) in [4.78, 5) is 17.7. The van der Waals surface area contributed by atoms with Crippen LogP contribution in [-0.4, -0.2) is 58.4 Å². The van der Waals surface area contributed by atoms with Crippen LogP contribution in [0.15, 0.2) is 24.3 Å². The number of hydrogen-bond acceptors (Lipinski definition) is 5. The van der Waals surface area contributed by atoms with Gasteiger partial charge in [0.05, 0.1) is 31.4 Å². The van der Waals surface area contributed by atoms with E-state index in [1.165, 1.54) is 0 Å². The van der Waals surface area contributed by atoms with Gasteiger partial charge in [-0.15, -0.1) is 10.2 Å². The highest BCUT2D eigenvalue weighted by Crippen LogP contribution is 2.30. The van der Waals surface area contributed by atoms with Crippen LogP contribution >= 0.6 is 0 Å². The van der Waals surface area contributed by atoms with E-state index in [0.717, 1.165) is 42.4 Å². The molecule has 0 unspecified atom stereocenters. The molecule has 0 spiro atoms. The molecule has 0 bridgehead atoms. The molecule has 1 aromatic heterocycles. The molecule has 1 fully saturated rings. The molecule has 1 saturated heterocycles. The number of rotatable bonds is 4. The van der Waals surface area contributed by atoms with Crippen LogP contribution in [-0.2, 0) is 11.3 Å². The van der Waals surface area contributed by atoms with E-state index in [4.69, 9.17) is 4.74 Å². The number of ether oxygens (including phenoxy) is 1. The Morgan fingerprint density at radius 1 is 1.21 bits per heavy atom. The fraction of sp³-hybridized carbons (Fsp3) is 0.571. The minimum Gasteiger partial charge on any atom is -0.378 e. The lowest BCUT2D eigenvalue weighted by molar-refractivity contribution is 0.0660. The molecule has 150 valence electrons. The van der Waals surface area contributed by atoms with Crippen LogP contribution < -0.4 is 4.90 Å². The van der Waals surface area contributed by atoms with Gasteiger partial charge in [-0.1, -0.05) is 26.0 Å².